The molecule has 0 aliphatic carbocycles. The highest BCUT2D eigenvalue weighted by atomic mass is 15.2. The first-order chi connectivity index (χ1) is 9.72. The minimum Gasteiger partial charge on any atom is -0.356 e. The van der Waals surface area contributed by atoms with Gasteiger partial charge in [-0.3, -0.25) is 0 Å². The SMILES string of the molecule is CCNCc1c(C)cc(C)nc1N1CCCCCCC1. The van der Waals surface area contributed by atoms with Crippen LogP contribution in [0.5, 0.6) is 0 Å². The van der Waals surface area contributed by atoms with Gasteiger partial charge in [-0.15, -0.1) is 0 Å². The minimum atomic E-state index is 0.932. The molecule has 0 aromatic carbocycles. The minimum absolute atomic E-state index is 0.932. The summed E-state index contributed by atoms with van der Waals surface area (Å²) in [4.78, 5) is 7.39. The lowest BCUT2D eigenvalue weighted by Gasteiger charge is -2.29. The molecule has 20 heavy (non-hydrogen) atoms. The average molecular weight is 275 g/mol. The molecule has 0 saturated carbocycles. The number of anilines is 1. The van der Waals surface area contributed by atoms with Crippen molar-refractivity contribution in [1.29, 1.82) is 0 Å². The molecule has 1 saturated heterocycles. The molecule has 0 radical (unpaired) electrons. The zero-order valence-corrected chi connectivity index (χ0v) is 13.3. The van der Waals surface area contributed by atoms with Crippen molar-refractivity contribution in [2.75, 3.05) is 24.5 Å². The molecular weight excluding hydrogens is 246 g/mol. The van der Waals surface area contributed by atoms with Crippen LogP contribution in [-0.4, -0.2) is 24.6 Å². The largest absolute Gasteiger partial charge is 0.356 e. The number of nitrogens with one attached hydrogen (secondary N) is 1. The van der Waals surface area contributed by atoms with Crippen LogP contribution in [0.1, 0.15) is 55.8 Å². The molecule has 3 nitrogen and oxygen atoms in total. The number of pyridine rings is 1. The molecule has 3 heteroatoms. The Morgan fingerprint density at radius 3 is 2.40 bits per heavy atom. The Morgan fingerprint density at radius 2 is 1.75 bits per heavy atom. The molecule has 112 valence electrons. The van der Waals surface area contributed by atoms with Crippen molar-refractivity contribution in [3.63, 3.8) is 0 Å². The van der Waals surface area contributed by atoms with Crippen LogP contribution in [0.3, 0.4) is 0 Å². The third-order valence-corrected chi connectivity index (χ3v) is 4.16. The highest BCUT2D eigenvalue weighted by Crippen LogP contribution is 2.25. The summed E-state index contributed by atoms with van der Waals surface area (Å²) in [5.41, 5.74) is 3.90. The van der Waals surface area contributed by atoms with Crippen LogP contribution >= 0.6 is 0 Å². The van der Waals surface area contributed by atoms with Crippen molar-refractivity contribution < 1.29 is 0 Å². The molecule has 1 aliphatic rings. The second-order valence-electron chi connectivity index (χ2n) is 5.92. The topological polar surface area (TPSA) is 28.2 Å². The number of aryl methyl sites for hydroxylation is 2. The van der Waals surface area contributed by atoms with Crippen LogP contribution in [0.25, 0.3) is 0 Å². The molecule has 0 spiro atoms. The Hall–Kier alpha value is -1.09. The van der Waals surface area contributed by atoms with Crippen molar-refractivity contribution in [3.8, 4) is 0 Å². The standard InChI is InChI=1S/C17H29N3/c1-4-18-13-16-14(2)12-15(3)19-17(16)20-10-8-6-5-7-9-11-20/h12,18H,4-11,13H2,1-3H3. The van der Waals surface area contributed by atoms with Crippen LogP contribution in [0.2, 0.25) is 0 Å². The summed E-state index contributed by atoms with van der Waals surface area (Å²) in [5.74, 6) is 1.23. The van der Waals surface area contributed by atoms with E-state index in [0.29, 0.717) is 0 Å². The van der Waals surface area contributed by atoms with E-state index in [4.69, 9.17) is 4.98 Å². The van der Waals surface area contributed by atoms with E-state index < -0.39 is 0 Å². The summed E-state index contributed by atoms with van der Waals surface area (Å²) >= 11 is 0. The van der Waals surface area contributed by atoms with Crippen molar-refractivity contribution >= 4 is 5.82 Å². The summed E-state index contributed by atoms with van der Waals surface area (Å²) in [6, 6.07) is 2.21. The molecular formula is C17H29N3. The molecule has 0 atom stereocenters. The average Bonchev–Trinajstić information content (AvgIpc) is 2.36. The highest BCUT2D eigenvalue weighted by Gasteiger charge is 2.16. The molecule has 0 unspecified atom stereocenters. The number of hydrogen-bond donors (Lipinski definition) is 1. The van der Waals surface area contributed by atoms with Gasteiger partial charge in [-0.05, 0) is 44.9 Å². The van der Waals surface area contributed by atoms with E-state index in [2.05, 4.69) is 37.1 Å². The zero-order valence-electron chi connectivity index (χ0n) is 13.3. The Bertz CT molecular complexity index is 420. The molecule has 0 amide bonds. The summed E-state index contributed by atoms with van der Waals surface area (Å²) in [6.45, 7) is 10.7. The molecule has 1 aromatic heterocycles. The summed E-state index contributed by atoms with van der Waals surface area (Å²) in [6.07, 6.45) is 6.73. The summed E-state index contributed by atoms with van der Waals surface area (Å²) < 4.78 is 0. The van der Waals surface area contributed by atoms with Crippen LogP contribution in [0, 0.1) is 13.8 Å². The van der Waals surface area contributed by atoms with Gasteiger partial charge in [0, 0.05) is 30.9 Å². The smallest absolute Gasteiger partial charge is 0.133 e. The lowest BCUT2D eigenvalue weighted by atomic mass is 10.1. The lowest BCUT2D eigenvalue weighted by Crippen LogP contribution is -2.30. The highest BCUT2D eigenvalue weighted by molar-refractivity contribution is 5.51. The van der Waals surface area contributed by atoms with E-state index in [1.807, 2.05) is 0 Å². The summed E-state index contributed by atoms with van der Waals surface area (Å²) in [5, 5.41) is 3.47. The number of aromatic nitrogens is 1. The van der Waals surface area contributed by atoms with Gasteiger partial charge in [0.15, 0.2) is 0 Å². The fraction of sp³-hybridized carbons (Fsp3) is 0.706. The van der Waals surface area contributed by atoms with Crippen LogP contribution in [-0.2, 0) is 6.54 Å². The van der Waals surface area contributed by atoms with Crippen molar-refractivity contribution in [1.82, 2.24) is 10.3 Å². The quantitative estimate of drug-likeness (QED) is 0.910. The molecule has 1 fully saturated rings. The predicted octanol–water partition coefficient (Wildman–Crippen LogP) is 3.58. The maximum absolute atomic E-state index is 4.87. The van der Waals surface area contributed by atoms with E-state index in [1.54, 1.807) is 0 Å². The van der Waals surface area contributed by atoms with E-state index in [-0.39, 0.29) is 0 Å². The number of hydrogen-bond acceptors (Lipinski definition) is 3. The summed E-state index contributed by atoms with van der Waals surface area (Å²) in [7, 11) is 0. The first-order valence-corrected chi connectivity index (χ1v) is 8.15. The predicted molar refractivity (Wildman–Crippen MR) is 86.4 cm³/mol. The van der Waals surface area contributed by atoms with Crippen molar-refractivity contribution in [2.24, 2.45) is 0 Å². The molecule has 1 N–H and O–H groups in total. The third kappa shape index (κ3) is 3.95. The fourth-order valence-electron chi connectivity index (χ4n) is 3.03. The number of nitrogens with zero attached hydrogens (tertiary/aromatic N) is 2. The van der Waals surface area contributed by atoms with Gasteiger partial charge in [0.25, 0.3) is 0 Å². The van der Waals surface area contributed by atoms with Gasteiger partial charge in [-0.25, -0.2) is 4.98 Å². The molecule has 2 heterocycles. The van der Waals surface area contributed by atoms with Crippen LogP contribution in [0.4, 0.5) is 5.82 Å². The Kier molecular flexibility index (Phi) is 5.84. The monoisotopic (exact) mass is 275 g/mol. The van der Waals surface area contributed by atoms with Gasteiger partial charge in [0.2, 0.25) is 0 Å². The maximum Gasteiger partial charge on any atom is 0.133 e. The maximum atomic E-state index is 4.87. The van der Waals surface area contributed by atoms with E-state index in [9.17, 15) is 0 Å². The molecule has 1 aromatic rings. The molecule has 1 aliphatic heterocycles. The second kappa shape index (κ2) is 7.63. The van der Waals surface area contributed by atoms with Crippen molar-refractivity contribution in [3.05, 3.63) is 22.9 Å². The van der Waals surface area contributed by atoms with Crippen molar-refractivity contribution in [2.45, 2.75) is 59.4 Å². The van der Waals surface area contributed by atoms with Gasteiger partial charge in [-0.2, -0.15) is 0 Å². The Morgan fingerprint density at radius 1 is 1.10 bits per heavy atom. The lowest BCUT2D eigenvalue weighted by molar-refractivity contribution is 0.551. The van der Waals surface area contributed by atoms with E-state index in [1.165, 1.54) is 49.0 Å². The Labute approximate surface area is 123 Å². The van der Waals surface area contributed by atoms with Crippen LogP contribution in [0.15, 0.2) is 6.07 Å². The van der Waals surface area contributed by atoms with Gasteiger partial charge >= 0.3 is 0 Å². The van der Waals surface area contributed by atoms with Gasteiger partial charge < -0.3 is 10.2 Å². The normalized spacial score (nSPS) is 16.9. The van der Waals surface area contributed by atoms with Crippen LogP contribution < -0.4 is 10.2 Å². The zero-order chi connectivity index (χ0) is 14.4. The third-order valence-electron chi connectivity index (χ3n) is 4.16. The molecule has 0 bridgehead atoms. The van der Waals surface area contributed by atoms with Gasteiger partial charge in [0.05, 0.1) is 0 Å². The second-order valence-corrected chi connectivity index (χ2v) is 5.92. The fourth-order valence-corrected chi connectivity index (χ4v) is 3.03. The first-order valence-electron chi connectivity index (χ1n) is 8.15. The van der Waals surface area contributed by atoms with E-state index in [0.717, 1.165) is 31.9 Å². The van der Waals surface area contributed by atoms with Gasteiger partial charge in [-0.1, -0.05) is 26.2 Å². The number of rotatable bonds is 4. The first kappa shape index (κ1) is 15.3. The van der Waals surface area contributed by atoms with E-state index >= 15 is 0 Å². The van der Waals surface area contributed by atoms with Gasteiger partial charge in [0.1, 0.15) is 5.82 Å². The Balaban J connectivity index is 2.26. The molecule has 2 rings (SSSR count).